The van der Waals surface area contributed by atoms with Crippen LogP contribution in [0, 0.1) is 11.6 Å². The van der Waals surface area contributed by atoms with E-state index < -0.39 is 11.6 Å². The van der Waals surface area contributed by atoms with E-state index in [1.165, 1.54) is 6.07 Å². The first-order valence-electron chi connectivity index (χ1n) is 12.2. The van der Waals surface area contributed by atoms with Gasteiger partial charge in [0.2, 0.25) is 0 Å². The molecule has 2 aliphatic heterocycles. The van der Waals surface area contributed by atoms with Crippen LogP contribution in [0.1, 0.15) is 35.3 Å². The first-order chi connectivity index (χ1) is 17.4. The minimum Gasteiger partial charge on any atom is -0.378 e. The van der Waals surface area contributed by atoms with Gasteiger partial charge in [0.25, 0.3) is 5.91 Å². The van der Waals surface area contributed by atoms with Gasteiger partial charge in [0.15, 0.2) is 11.6 Å². The maximum absolute atomic E-state index is 13.8. The molecule has 2 N–H and O–H groups in total. The van der Waals surface area contributed by atoms with Crippen LogP contribution in [0.15, 0.2) is 36.5 Å². The number of amides is 1. The lowest BCUT2D eigenvalue weighted by molar-refractivity contribution is 0.0789. The number of benzene rings is 2. The van der Waals surface area contributed by atoms with Crippen molar-refractivity contribution in [3.63, 3.8) is 0 Å². The summed E-state index contributed by atoms with van der Waals surface area (Å²) in [5.74, 6) is -1.15. The first kappa shape index (κ1) is 24.3. The number of likely N-dealkylation sites (tertiary alicyclic amines) is 1. The number of halogens is 2. The number of anilines is 2. The van der Waals surface area contributed by atoms with Crippen molar-refractivity contribution >= 4 is 28.4 Å². The lowest BCUT2D eigenvalue weighted by Crippen LogP contribution is -2.36. The molecule has 1 unspecified atom stereocenters. The number of aromatic nitrogens is 2. The van der Waals surface area contributed by atoms with Gasteiger partial charge in [-0.3, -0.25) is 9.78 Å². The third-order valence-corrected chi connectivity index (χ3v) is 6.90. The third kappa shape index (κ3) is 4.96. The number of likely N-dealkylation sites (N-methyl/N-ethyl adjacent to an activating group) is 1. The lowest BCUT2D eigenvalue weighted by Gasteiger charge is -2.28. The molecule has 2 atom stereocenters. The highest BCUT2D eigenvalue weighted by Crippen LogP contribution is 2.30. The van der Waals surface area contributed by atoms with Crippen LogP contribution < -0.4 is 15.5 Å². The van der Waals surface area contributed by atoms with Gasteiger partial charge in [0.05, 0.1) is 36.5 Å². The Labute approximate surface area is 208 Å². The number of morpholine rings is 1. The molecule has 3 aromatic rings. The SMILES string of the molecule is CN[C@H]1CCN(C(=O)c2cc(C(C)Nc3ccc(F)c(F)c3)c3nc(N4CCOCC4)cnc3c2)C1. The van der Waals surface area contributed by atoms with Gasteiger partial charge in [-0.1, -0.05) is 0 Å². The Hall–Kier alpha value is -3.37. The lowest BCUT2D eigenvalue weighted by atomic mass is 10.0. The first-order valence-corrected chi connectivity index (χ1v) is 12.2. The van der Waals surface area contributed by atoms with Crippen molar-refractivity contribution in [3.05, 3.63) is 59.3 Å². The van der Waals surface area contributed by atoms with Crippen LogP contribution in [0.5, 0.6) is 0 Å². The number of hydrogen-bond acceptors (Lipinski definition) is 7. The maximum atomic E-state index is 13.8. The zero-order valence-electron chi connectivity index (χ0n) is 20.4. The highest BCUT2D eigenvalue weighted by molar-refractivity contribution is 5.98. The van der Waals surface area contributed by atoms with Crippen molar-refractivity contribution in [2.75, 3.05) is 56.7 Å². The second-order valence-corrected chi connectivity index (χ2v) is 9.28. The second kappa shape index (κ2) is 10.3. The Morgan fingerprint density at radius 2 is 1.94 bits per heavy atom. The average Bonchev–Trinajstić information content (AvgIpc) is 3.39. The van der Waals surface area contributed by atoms with Crippen LogP contribution in [-0.4, -0.2) is 73.3 Å². The van der Waals surface area contributed by atoms with E-state index >= 15 is 0 Å². The quantitative estimate of drug-likeness (QED) is 0.542. The molecule has 2 aliphatic rings. The van der Waals surface area contributed by atoms with Gasteiger partial charge >= 0.3 is 0 Å². The number of carbonyl (C=O) groups excluding carboxylic acids is 1. The molecule has 10 heteroatoms. The number of nitrogens with zero attached hydrogens (tertiary/aromatic N) is 4. The number of rotatable bonds is 6. The average molecular weight is 497 g/mol. The number of carbonyl (C=O) groups is 1. The minimum atomic E-state index is -0.927. The molecule has 36 heavy (non-hydrogen) atoms. The molecule has 0 radical (unpaired) electrons. The fraction of sp³-hybridized carbons (Fsp3) is 0.423. The van der Waals surface area contributed by atoms with Crippen LogP contribution in [-0.2, 0) is 4.74 Å². The van der Waals surface area contributed by atoms with E-state index in [-0.39, 0.29) is 18.0 Å². The molecule has 0 saturated carbocycles. The van der Waals surface area contributed by atoms with E-state index in [4.69, 9.17) is 9.72 Å². The summed E-state index contributed by atoms with van der Waals surface area (Å²) in [5.41, 5.74) is 2.98. The maximum Gasteiger partial charge on any atom is 0.253 e. The molecule has 2 saturated heterocycles. The van der Waals surface area contributed by atoms with Crippen molar-refractivity contribution < 1.29 is 18.3 Å². The zero-order chi connectivity index (χ0) is 25.2. The predicted octanol–water partition coefficient (Wildman–Crippen LogP) is 3.35. The van der Waals surface area contributed by atoms with Crippen molar-refractivity contribution in [2.45, 2.75) is 25.4 Å². The molecule has 2 aromatic carbocycles. The van der Waals surface area contributed by atoms with Crippen molar-refractivity contribution in [1.29, 1.82) is 0 Å². The Bertz CT molecular complexity index is 1270. The zero-order valence-corrected chi connectivity index (χ0v) is 20.4. The second-order valence-electron chi connectivity index (χ2n) is 9.28. The molecule has 0 bridgehead atoms. The summed E-state index contributed by atoms with van der Waals surface area (Å²) in [5, 5.41) is 6.46. The molecule has 1 aromatic heterocycles. The topological polar surface area (TPSA) is 82.6 Å². The van der Waals surface area contributed by atoms with Gasteiger partial charge in [-0.05, 0) is 44.7 Å². The van der Waals surface area contributed by atoms with E-state index in [9.17, 15) is 13.6 Å². The van der Waals surface area contributed by atoms with Gasteiger partial charge in [-0.25, -0.2) is 13.8 Å². The van der Waals surface area contributed by atoms with Crippen molar-refractivity contribution in [3.8, 4) is 0 Å². The molecule has 8 nitrogen and oxygen atoms in total. The van der Waals surface area contributed by atoms with Gasteiger partial charge < -0.3 is 25.2 Å². The largest absolute Gasteiger partial charge is 0.378 e. The van der Waals surface area contributed by atoms with Crippen LogP contribution in [0.3, 0.4) is 0 Å². The van der Waals surface area contributed by atoms with Crippen LogP contribution in [0.25, 0.3) is 11.0 Å². The Morgan fingerprint density at radius 1 is 1.14 bits per heavy atom. The van der Waals surface area contributed by atoms with Crippen molar-refractivity contribution in [2.24, 2.45) is 0 Å². The van der Waals surface area contributed by atoms with Gasteiger partial charge in [0, 0.05) is 55.1 Å². The third-order valence-electron chi connectivity index (χ3n) is 6.90. The van der Waals surface area contributed by atoms with Gasteiger partial charge in [0.1, 0.15) is 5.82 Å². The van der Waals surface area contributed by atoms with Gasteiger partial charge in [-0.2, -0.15) is 0 Å². The number of nitrogens with one attached hydrogen (secondary N) is 2. The predicted molar refractivity (Wildman–Crippen MR) is 134 cm³/mol. The van der Waals surface area contributed by atoms with E-state index in [2.05, 4.69) is 20.5 Å². The normalized spacial score (nSPS) is 19.1. The Balaban J connectivity index is 1.53. The summed E-state index contributed by atoms with van der Waals surface area (Å²) in [6, 6.07) is 7.24. The van der Waals surface area contributed by atoms with Crippen LogP contribution in [0.4, 0.5) is 20.3 Å². The Kier molecular flexibility index (Phi) is 6.97. The molecule has 1 amide bonds. The van der Waals surface area contributed by atoms with Crippen molar-refractivity contribution in [1.82, 2.24) is 20.2 Å². The molecule has 190 valence electrons. The van der Waals surface area contributed by atoms with E-state index in [0.717, 1.165) is 43.0 Å². The number of hydrogen-bond donors (Lipinski definition) is 2. The van der Waals surface area contributed by atoms with E-state index in [0.29, 0.717) is 48.6 Å². The van der Waals surface area contributed by atoms with Gasteiger partial charge in [-0.15, -0.1) is 0 Å². The number of ether oxygens (including phenoxy) is 1. The molecular formula is C26H30F2N6O2. The van der Waals surface area contributed by atoms with E-state index in [1.807, 2.05) is 24.9 Å². The molecule has 2 fully saturated rings. The van der Waals surface area contributed by atoms with E-state index in [1.54, 1.807) is 12.3 Å². The van der Waals surface area contributed by atoms with Crippen LogP contribution in [0.2, 0.25) is 0 Å². The minimum absolute atomic E-state index is 0.0602. The fourth-order valence-corrected chi connectivity index (χ4v) is 4.81. The molecule has 3 heterocycles. The highest BCUT2D eigenvalue weighted by Gasteiger charge is 2.27. The summed E-state index contributed by atoms with van der Waals surface area (Å²) < 4.78 is 32.7. The summed E-state index contributed by atoms with van der Waals surface area (Å²) >= 11 is 0. The standard InChI is InChI=1S/C26H30F2N6O2/c1-16(31-18-3-4-21(27)22(28)13-18)20-11-17(26(35)34-6-5-19(15-34)29-2)12-23-25(20)32-24(14-30-23)33-7-9-36-10-8-33/h3-4,11-14,16,19,29,31H,5-10,15H2,1-2H3/t16?,19-/m0/s1. The Morgan fingerprint density at radius 3 is 2.67 bits per heavy atom. The summed E-state index contributed by atoms with van der Waals surface area (Å²) in [6.45, 7) is 5.91. The molecule has 0 spiro atoms. The summed E-state index contributed by atoms with van der Waals surface area (Å²) in [4.78, 5) is 26.9. The summed E-state index contributed by atoms with van der Waals surface area (Å²) in [6.07, 6.45) is 2.63. The summed E-state index contributed by atoms with van der Waals surface area (Å²) in [7, 11) is 1.90. The molecule has 0 aliphatic carbocycles. The molecule has 5 rings (SSSR count). The number of fused-ring (bicyclic) bond motifs is 1. The smallest absolute Gasteiger partial charge is 0.253 e. The highest BCUT2D eigenvalue weighted by atomic mass is 19.2. The van der Waals surface area contributed by atoms with Crippen LogP contribution >= 0.6 is 0 Å². The monoisotopic (exact) mass is 496 g/mol. The fourth-order valence-electron chi connectivity index (χ4n) is 4.81. The molecular weight excluding hydrogens is 466 g/mol.